The second-order valence-corrected chi connectivity index (χ2v) is 2.14. The highest BCUT2D eigenvalue weighted by molar-refractivity contribution is 7.32. The summed E-state index contributed by atoms with van der Waals surface area (Å²) in [4.78, 5) is 28.4. The van der Waals surface area contributed by atoms with E-state index in [-0.39, 0.29) is 0 Å². The molecular weight excluding hydrogens is 191 g/mol. The summed E-state index contributed by atoms with van der Waals surface area (Å²) in [5.74, 6) is -0.642. The molecule has 0 aromatic carbocycles. The van der Waals surface area contributed by atoms with Crippen molar-refractivity contribution in [2.75, 3.05) is 6.79 Å². The SMILES string of the molecule is CC(=O)OCOC(=O)O[P+](=O)O. The Hall–Kier alpha value is -1.20. The molecule has 0 amide bonds. The van der Waals surface area contributed by atoms with Crippen LogP contribution in [0, 0.1) is 0 Å². The summed E-state index contributed by atoms with van der Waals surface area (Å²) in [6.45, 7) is 0.471. The van der Waals surface area contributed by atoms with Crippen molar-refractivity contribution in [2.24, 2.45) is 0 Å². The Kier molecular flexibility index (Phi) is 4.91. The van der Waals surface area contributed by atoms with E-state index in [1.807, 2.05) is 0 Å². The molecule has 1 unspecified atom stereocenters. The van der Waals surface area contributed by atoms with Crippen molar-refractivity contribution in [2.45, 2.75) is 6.92 Å². The molecule has 0 bridgehead atoms. The van der Waals surface area contributed by atoms with E-state index >= 15 is 0 Å². The minimum absolute atomic E-state index is 0.642. The molecule has 12 heavy (non-hydrogen) atoms. The van der Waals surface area contributed by atoms with Crippen LogP contribution in [-0.2, 0) is 23.4 Å². The standard InChI is InChI=1S/C4H5O7P/c1-3(5)9-2-10-4(6)11-12(7)8/h2H2,1H3/p+1. The zero-order valence-electron chi connectivity index (χ0n) is 6.05. The van der Waals surface area contributed by atoms with Crippen LogP contribution in [0.2, 0.25) is 0 Å². The number of carbonyl (C=O) groups is 2. The molecule has 0 heterocycles. The van der Waals surface area contributed by atoms with E-state index in [2.05, 4.69) is 14.0 Å². The predicted molar refractivity (Wildman–Crippen MR) is 34.0 cm³/mol. The summed E-state index contributed by atoms with van der Waals surface area (Å²) < 4.78 is 21.6. The quantitative estimate of drug-likeness (QED) is 0.394. The summed E-state index contributed by atoms with van der Waals surface area (Å²) in [7, 11) is -3.04. The summed E-state index contributed by atoms with van der Waals surface area (Å²) in [6.07, 6.45) is -1.38. The minimum atomic E-state index is -3.04. The van der Waals surface area contributed by atoms with Crippen LogP contribution in [0.4, 0.5) is 4.79 Å². The fraction of sp³-hybridized carbons (Fsp3) is 0.500. The van der Waals surface area contributed by atoms with Crippen LogP contribution in [0.25, 0.3) is 0 Å². The molecule has 0 aromatic heterocycles. The first-order valence-electron chi connectivity index (χ1n) is 2.66. The first-order chi connectivity index (χ1) is 5.52. The van der Waals surface area contributed by atoms with Gasteiger partial charge in [-0.25, -0.2) is 0 Å². The molecule has 0 aliphatic heterocycles. The average Bonchev–Trinajstić information content (AvgIpc) is 1.84. The van der Waals surface area contributed by atoms with Gasteiger partial charge in [0.25, 0.3) is 0 Å². The smallest absolute Gasteiger partial charge is 0.428 e. The topological polar surface area (TPSA) is 99.1 Å². The highest BCUT2D eigenvalue weighted by Crippen LogP contribution is 2.14. The van der Waals surface area contributed by atoms with Gasteiger partial charge in [0.15, 0.2) is 0 Å². The van der Waals surface area contributed by atoms with E-state index in [9.17, 15) is 14.2 Å². The van der Waals surface area contributed by atoms with Crippen molar-refractivity contribution in [3.05, 3.63) is 0 Å². The summed E-state index contributed by atoms with van der Waals surface area (Å²) >= 11 is 0. The van der Waals surface area contributed by atoms with Crippen LogP contribution in [-0.4, -0.2) is 23.8 Å². The molecule has 7 nitrogen and oxygen atoms in total. The normalized spacial score (nSPS) is 10.0. The van der Waals surface area contributed by atoms with E-state index in [1.54, 1.807) is 0 Å². The van der Waals surface area contributed by atoms with E-state index in [0.29, 0.717) is 0 Å². The Morgan fingerprint density at radius 1 is 1.42 bits per heavy atom. The van der Waals surface area contributed by atoms with Crippen molar-refractivity contribution in [1.82, 2.24) is 0 Å². The van der Waals surface area contributed by atoms with E-state index in [0.717, 1.165) is 6.92 Å². The zero-order valence-corrected chi connectivity index (χ0v) is 6.95. The third kappa shape index (κ3) is 6.91. The molecule has 0 spiro atoms. The van der Waals surface area contributed by atoms with Gasteiger partial charge in [0.05, 0.1) is 0 Å². The van der Waals surface area contributed by atoms with Gasteiger partial charge in [0, 0.05) is 11.5 Å². The number of hydrogen-bond acceptors (Lipinski definition) is 6. The van der Waals surface area contributed by atoms with E-state index < -0.39 is 27.2 Å². The maximum atomic E-state index is 10.3. The molecule has 0 saturated heterocycles. The van der Waals surface area contributed by atoms with Crippen LogP contribution in [0.15, 0.2) is 0 Å². The molecule has 0 aliphatic rings. The Bertz CT molecular complexity index is 200. The van der Waals surface area contributed by atoms with Gasteiger partial charge in [-0.15, -0.1) is 9.42 Å². The van der Waals surface area contributed by atoms with E-state index in [4.69, 9.17) is 4.89 Å². The number of esters is 1. The monoisotopic (exact) mass is 197 g/mol. The zero-order chi connectivity index (χ0) is 9.56. The molecular formula is C4H6O7P+. The Morgan fingerprint density at radius 3 is 2.42 bits per heavy atom. The third-order valence-corrected chi connectivity index (χ3v) is 0.897. The highest BCUT2D eigenvalue weighted by atomic mass is 31.1. The number of rotatable bonds is 3. The number of hydrogen-bond donors (Lipinski definition) is 1. The fourth-order valence-corrected chi connectivity index (χ4v) is 0.431. The largest absolute Gasteiger partial charge is 0.753 e. The maximum absolute atomic E-state index is 10.3. The number of ether oxygens (including phenoxy) is 2. The molecule has 68 valence electrons. The second-order valence-electron chi connectivity index (χ2n) is 1.48. The first kappa shape index (κ1) is 10.8. The molecule has 1 N–H and O–H groups in total. The highest BCUT2D eigenvalue weighted by Gasteiger charge is 2.21. The van der Waals surface area contributed by atoms with Gasteiger partial charge in [-0.3, -0.25) is 4.79 Å². The summed E-state index contributed by atoms with van der Waals surface area (Å²) in [5.41, 5.74) is 0. The Morgan fingerprint density at radius 2 is 2.00 bits per heavy atom. The lowest BCUT2D eigenvalue weighted by molar-refractivity contribution is -0.149. The summed E-state index contributed by atoms with van der Waals surface area (Å²) in [6, 6.07) is 0. The lowest BCUT2D eigenvalue weighted by atomic mass is 10.8. The van der Waals surface area contributed by atoms with Gasteiger partial charge >= 0.3 is 20.4 Å². The molecule has 0 aliphatic carbocycles. The maximum Gasteiger partial charge on any atom is 0.753 e. The fourth-order valence-electron chi connectivity index (χ4n) is 0.251. The Balaban J connectivity index is 3.44. The molecule has 0 fully saturated rings. The molecule has 0 aromatic rings. The lowest BCUT2D eigenvalue weighted by Crippen LogP contribution is -2.09. The van der Waals surface area contributed by atoms with Crippen LogP contribution < -0.4 is 0 Å². The first-order valence-corrected chi connectivity index (χ1v) is 3.79. The van der Waals surface area contributed by atoms with Gasteiger partial charge < -0.3 is 9.47 Å². The van der Waals surface area contributed by atoms with Crippen molar-refractivity contribution in [3.63, 3.8) is 0 Å². The van der Waals surface area contributed by atoms with Crippen molar-refractivity contribution in [1.29, 1.82) is 0 Å². The van der Waals surface area contributed by atoms with Gasteiger partial charge in [-0.1, -0.05) is 0 Å². The predicted octanol–water partition coefficient (Wildman–Crippen LogP) is 0.310. The molecule has 1 atom stereocenters. The van der Waals surface area contributed by atoms with Gasteiger partial charge in [-0.05, 0) is 0 Å². The average molecular weight is 197 g/mol. The van der Waals surface area contributed by atoms with Gasteiger partial charge in [0.1, 0.15) is 0 Å². The number of carbonyl (C=O) groups excluding carboxylic acids is 2. The van der Waals surface area contributed by atoms with Crippen LogP contribution in [0.5, 0.6) is 0 Å². The van der Waals surface area contributed by atoms with Crippen molar-refractivity contribution >= 4 is 20.4 Å². The van der Waals surface area contributed by atoms with Crippen LogP contribution >= 0.6 is 8.25 Å². The molecule has 0 saturated carbocycles. The van der Waals surface area contributed by atoms with Crippen LogP contribution in [0.1, 0.15) is 6.92 Å². The second kappa shape index (κ2) is 5.45. The van der Waals surface area contributed by atoms with Crippen molar-refractivity contribution in [3.8, 4) is 0 Å². The summed E-state index contributed by atoms with van der Waals surface area (Å²) in [5, 5.41) is 0. The third-order valence-electron chi connectivity index (χ3n) is 0.592. The van der Waals surface area contributed by atoms with Gasteiger partial charge in [-0.2, -0.15) is 4.79 Å². The lowest BCUT2D eigenvalue weighted by Gasteiger charge is -1.98. The van der Waals surface area contributed by atoms with Gasteiger partial charge in [0.2, 0.25) is 6.79 Å². The van der Waals surface area contributed by atoms with E-state index in [1.165, 1.54) is 0 Å². The molecule has 0 radical (unpaired) electrons. The molecule has 8 heteroatoms. The minimum Gasteiger partial charge on any atom is -0.428 e. The Labute approximate surface area is 68.2 Å². The van der Waals surface area contributed by atoms with Crippen LogP contribution in [0.3, 0.4) is 0 Å². The van der Waals surface area contributed by atoms with Crippen molar-refractivity contribution < 1.29 is 33.0 Å². The molecule has 0 rings (SSSR count).